The first kappa shape index (κ1) is 43.0. The van der Waals surface area contributed by atoms with Gasteiger partial charge in [0.05, 0.1) is 0 Å². The minimum Gasteiger partial charge on any atom is -0.461 e. The summed E-state index contributed by atoms with van der Waals surface area (Å²) in [4.78, 5) is 12.2. The predicted octanol–water partition coefficient (Wildman–Crippen LogP) is 14.1. The predicted molar refractivity (Wildman–Crippen MR) is 197 cm³/mol. The highest BCUT2D eigenvalue weighted by Crippen LogP contribution is 2.23. The first-order valence-electron chi connectivity index (χ1n) is 19.4. The van der Waals surface area contributed by atoms with Crippen molar-refractivity contribution in [1.82, 2.24) is 0 Å². The Bertz CT molecular complexity index is 670. The molecule has 0 heterocycles. The van der Waals surface area contributed by atoms with Gasteiger partial charge >= 0.3 is 5.97 Å². The second kappa shape index (κ2) is 28.2. The molecule has 0 aromatic heterocycles. The molecule has 0 aromatic carbocycles. The van der Waals surface area contributed by atoms with Gasteiger partial charge < -0.3 is 4.74 Å². The van der Waals surface area contributed by atoms with Gasteiger partial charge in [-0.3, -0.25) is 4.79 Å². The minimum atomic E-state index is -0.0720. The molecule has 0 spiro atoms. The molecule has 0 unspecified atom stereocenters. The maximum absolute atomic E-state index is 12.2. The van der Waals surface area contributed by atoms with Crippen LogP contribution < -0.4 is 0 Å². The summed E-state index contributed by atoms with van der Waals surface area (Å²) in [5.41, 5.74) is 2.77. The molecule has 0 radical (unpaired) electrons. The molecule has 260 valence electrons. The van der Waals surface area contributed by atoms with E-state index in [-0.39, 0.29) is 5.97 Å². The van der Waals surface area contributed by atoms with Crippen LogP contribution in [-0.4, -0.2) is 12.6 Å². The maximum atomic E-state index is 12.2. The van der Waals surface area contributed by atoms with E-state index in [4.69, 9.17) is 4.74 Å². The van der Waals surface area contributed by atoms with Crippen molar-refractivity contribution in [3.05, 3.63) is 23.3 Å². The lowest BCUT2D eigenvalue weighted by Crippen LogP contribution is -2.04. The van der Waals surface area contributed by atoms with Crippen molar-refractivity contribution in [3.8, 4) is 0 Å². The van der Waals surface area contributed by atoms with E-state index in [2.05, 4.69) is 81.4 Å². The van der Waals surface area contributed by atoms with Crippen LogP contribution in [0, 0.1) is 35.5 Å². The SMILES string of the molecule is C/C(=C\CCC(=O)OC/C=C(\C)CCC[C@H](C)CCC[C@H](C)CCCC(C)C)CCC[C@H](C)CCC[C@H](C)CCCC(C)C. The van der Waals surface area contributed by atoms with E-state index >= 15 is 0 Å². The molecular formula is C42H80O2. The van der Waals surface area contributed by atoms with Crippen LogP contribution in [-0.2, 0) is 9.53 Å². The number of allylic oxidation sites excluding steroid dienone is 3. The standard InChI is InChI=1S/C42H80O2/c1-34(2)18-11-20-36(5)22-13-24-38(7)26-15-27-40(9)30-17-31-42(43)44-33-32-41(10)29-16-28-39(8)25-14-23-37(6)21-12-19-35(3)4/h30,32,34-39H,11-29,31,33H2,1-10H3/b40-30+,41-32+/t36-,37-,38-,39-/m1/s1. The normalized spacial score (nSPS) is 15.5. The van der Waals surface area contributed by atoms with Crippen molar-refractivity contribution in [1.29, 1.82) is 0 Å². The Morgan fingerprint density at radius 1 is 0.477 bits per heavy atom. The molecule has 0 saturated carbocycles. The van der Waals surface area contributed by atoms with Crippen molar-refractivity contribution in [3.63, 3.8) is 0 Å². The lowest BCUT2D eigenvalue weighted by atomic mass is 9.91. The number of rotatable bonds is 29. The Hall–Kier alpha value is -1.05. The summed E-state index contributed by atoms with van der Waals surface area (Å²) in [6.45, 7) is 23.9. The summed E-state index contributed by atoms with van der Waals surface area (Å²) in [7, 11) is 0. The van der Waals surface area contributed by atoms with Crippen LogP contribution in [0.4, 0.5) is 0 Å². The highest BCUT2D eigenvalue weighted by Gasteiger charge is 2.09. The summed E-state index contributed by atoms with van der Waals surface area (Å²) in [6, 6.07) is 0. The third-order valence-electron chi connectivity index (χ3n) is 9.80. The number of carbonyl (C=O) groups is 1. The fourth-order valence-electron chi connectivity index (χ4n) is 6.40. The molecule has 44 heavy (non-hydrogen) atoms. The molecule has 0 rings (SSSR count). The minimum absolute atomic E-state index is 0.0720. The van der Waals surface area contributed by atoms with Gasteiger partial charge in [-0.25, -0.2) is 0 Å². The number of hydrogen-bond acceptors (Lipinski definition) is 2. The first-order valence-corrected chi connectivity index (χ1v) is 19.4. The van der Waals surface area contributed by atoms with Crippen LogP contribution >= 0.6 is 0 Å². The van der Waals surface area contributed by atoms with Crippen LogP contribution in [0.3, 0.4) is 0 Å². The van der Waals surface area contributed by atoms with E-state index < -0.39 is 0 Å². The molecule has 0 aliphatic carbocycles. The average molecular weight is 617 g/mol. The highest BCUT2D eigenvalue weighted by atomic mass is 16.5. The van der Waals surface area contributed by atoms with Gasteiger partial charge in [0.1, 0.15) is 6.61 Å². The van der Waals surface area contributed by atoms with Crippen molar-refractivity contribution in [2.45, 2.75) is 198 Å². The van der Waals surface area contributed by atoms with Crippen molar-refractivity contribution >= 4 is 5.97 Å². The summed E-state index contributed by atoms with van der Waals surface area (Å²) in [5, 5.41) is 0. The Morgan fingerprint density at radius 2 is 0.818 bits per heavy atom. The van der Waals surface area contributed by atoms with Crippen LogP contribution in [0.1, 0.15) is 198 Å². The molecular weight excluding hydrogens is 536 g/mol. The maximum Gasteiger partial charge on any atom is 0.306 e. The average Bonchev–Trinajstić information content (AvgIpc) is 2.92. The van der Waals surface area contributed by atoms with E-state index in [9.17, 15) is 4.79 Å². The number of hydrogen-bond donors (Lipinski definition) is 0. The van der Waals surface area contributed by atoms with Crippen LogP contribution in [0.15, 0.2) is 23.3 Å². The van der Waals surface area contributed by atoms with Crippen LogP contribution in [0.5, 0.6) is 0 Å². The monoisotopic (exact) mass is 617 g/mol. The van der Waals surface area contributed by atoms with Gasteiger partial charge in [-0.2, -0.15) is 0 Å². The molecule has 0 bridgehead atoms. The molecule has 0 N–H and O–H groups in total. The third-order valence-corrected chi connectivity index (χ3v) is 9.80. The van der Waals surface area contributed by atoms with Gasteiger partial charge in [-0.1, -0.05) is 163 Å². The zero-order chi connectivity index (χ0) is 33.2. The highest BCUT2D eigenvalue weighted by molar-refractivity contribution is 5.69. The second-order valence-corrected chi connectivity index (χ2v) is 16.0. The van der Waals surface area contributed by atoms with Crippen molar-refractivity contribution < 1.29 is 9.53 Å². The number of esters is 1. The molecule has 0 aliphatic rings. The van der Waals surface area contributed by atoms with Crippen molar-refractivity contribution in [2.75, 3.05) is 6.61 Å². The zero-order valence-corrected chi connectivity index (χ0v) is 31.8. The molecule has 0 aliphatic heterocycles. The molecule has 0 saturated heterocycles. The fraction of sp³-hybridized carbons (Fsp3) is 0.881. The van der Waals surface area contributed by atoms with Gasteiger partial charge in [0.2, 0.25) is 0 Å². The van der Waals surface area contributed by atoms with Crippen LogP contribution in [0.2, 0.25) is 0 Å². The smallest absolute Gasteiger partial charge is 0.306 e. The quantitative estimate of drug-likeness (QED) is 0.0617. The fourth-order valence-corrected chi connectivity index (χ4v) is 6.40. The second-order valence-electron chi connectivity index (χ2n) is 16.0. The van der Waals surface area contributed by atoms with E-state index in [1.807, 2.05) is 0 Å². The van der Waals surface area contributed by atoms with Gasteiger partial charge in [0.15, 0.2) is 0 Å². The zero-order valence-electron chi connectivity index (χ0n) is 31.8. The van der Waals surface area contributed by atoms with Gasteiger partial charge in [0, 0.05) is 6.42 Å². The van der Waals surface area contributed by atoms with E-state index in [0.717, 1.165) is 54.8 Å². The summed E-state index contributed by atoms with van der Waals surface area (Å²) in [6.07, 6.45) is 29.7. The summed E-state index contributed by atoms with van der Waals surface area (Å²) >= 11 is 0. The summed E-state index contributed by atoms with van der Waals surface area (Å²) in [5.74, 6) is 5.01. The third kappa shape index (κ3) is 29.6. The molecule has 0 amide bonds. The molecule has 0 aromatic rings. The lowest BCUT2D eigenvalue weighted by molar-refractivity contribution is -0.142. The van der Waals surface area contributed by atoms with E-state index in [1.165, 1.54) is 114 Å². The van der Waals surface area contributed by atoms with Crippen molar-refractivity contribution in [2.24, 2.45) is 35.5 Å². The number of carbonyl (C=O) groups excluding carboxylic acids is 1. The first-order chi connectivity index (χ1) is 20.9. The lowest BCUT2D eigenvalue weighted by Gasteiger charge is -2.15. The van der Waals surface area contributed by atoms with E-state index in [0.29, 0.717) is 13.0 Å². The largest absolute Gasteiger partial charge is 0.461 e. The topological polar surface area (TPSA) is 26.3 Å². The Morgan fingerprint density at radius 3 is 1.20 bits per heavy atom. The Balaban J connectivity index is 3.86. The summed E-state index contributed by atoms with van der Waals surface area (Å²) < 4.78 is 5.49. The Kier molecular flexibility index (Phi) is 27.5. The molecule has 2 nitrogen and oxygen atoms in total. The Labute approximate surface area is 278 Å². The van der Waals surface area contributed by atoms with Gasteiger partial charge in [-0.15, -0.1) is 0 Å². The molecule has 4 atom stereocenters. The van der Waals surface area contributed by atoms with Crippen LogP contribution in [0.25, 0.3) is 0 Å². The molecule has 0 fully saturated rings. The van der Waals surface area contributed by atoms with Gasteiger partial charge in [-0.05, 0) is 87.5 Å². The number of ether oxygens (including phenoxy) is 1. The molecule has 2 heteroatoms. The van der Waals surface area contributed by atoms with Gasteiger partial charge in [0.25, 0.3) is 0 Å². The van der Waals surface area contributed by atoms with E-state index in [1.54, 1.807) is 0 Å².